The molecule has 28 heavy (non-hydrogen) atoms. The van der Waals surface area contributed by atoms with Gasteiger partial charge in [0.25, 0.3) is 5.56 Å². The van der Waals surface area contributed by atoms with Gasteiger partial charge in [0.05, 0.1) is 24.4 Å². The van der Waals surface area contributed by atoms with Crippen molar-refractivity contribution >= 4 is 33.2 Å². The molecule has 1 unspecified atom stereocenters. The molecule has 0 amide bonds. The Kier molecular flexibility index (Phi) is 5.06. The molecule has 1 N–H and O–H groups in total. The average Bonchev–Trinajstić information content (AvgIpc) is 3.11. The first-order chi connectivity index (χ1) is 13.4. The first-order valence-corrected chi connectivity index (χ1v) is 10.2. The monoisotopic (exact) mass is 410 g/mol. The number of thiophene rings is 1. The molecule has 0 fully saturated rings. The number of rotatable bonds is 4. The number of fused-ring (bicyclic) bond motifs is 1. The van der Waals surface area contributed by atoms with Crippen molar-refractivity contribution < 1.29 is 5.11 Å². The van der Waals surface area contributed by atoms with E-state index in [2.05, 4.69) is 31.0 Å². The van der Waals surface area contributed by atoms with Crippen LogP contribution in [0.25, 0.3) is 21.3 Å². The molecule has 4 rings (SSSR count). The summed E-state index contributed by atoms with van der Waals surface area (Å²) >= 11 is 7.36. The van der Waals surface area contributed by atoms with Crippen LogP contribution in [0.15, 0.2) is 59.0 Å². The largest absolute Gasteiger partial charge is 0.387 e. The Morgan fingerprint density at radius 2 is 1.89 bits per heavy atom. The Hall–Kier alpha value is -2.47. The molecule has 0 saturated heterocycles. The number of aromatic nitrogens is 2. The third-order valence-corrected chi connectivity index (χ3v) is 6.14. The maximum Gasteiger partial charge on any atom is 0.262 e. The van der Waals surface area contributed by atoms with Crippen molar-refractivity contribution in [2.45, 2.75) is 26.5 Å². The molecule has 4 nitrogen and oxygen atoms in total. The van der Waals surface area contributed by atoms with Gasteiger partial charge < -0.3 is 5.11 Å². The Bertz CT molecular complexity index is 1210. The van der Waals surface area contributed by atoms with Crippen molar-refractivity contribution in [3.05, 3.63) is 86.2 Å². The predicted octanol–water partition coefficient (Wildman–Crippen LogP) is 5.13. The Morgan fingerprint density at radius 3 is 2.61 bits per heavy atom. The summed E-state index contributed by atoms with van der Waals surface area (Å²) in [5.41, 5.74) is 4.84. The predicted molar refractivity (Wildman–Crippen MR) is 115 cm³/mol. The summed E-state index contributed by atoms with van der Waals surface area (Å²) in [6.07, 6.45) is 0.683. The summed E-state index contributed by atoms with van der Waals surface area (Å²) in [6, 6.07) is 13.2. The molecule has 2 aromatic carbocycles. The van der Waals surface area contributed by atoms with Gasteiger partial charge >= 0.3 is 0 Å². The number of hydrogen-bond donors (Lipinski definition) is 1. The van der Waals surface area contributed by atoms with Crippen LogP contribution in [0.3, 0.4) is 0 Å². The van der Waals surface area contributed by atoms with Crippen LogP contribution in [0.5, 0.6) is 0 Å². The summed E-state index contributed by atoms with van der Waals surface area (Å²) < 4.78 is 1.47. The van der Waals surface area contributed by atoms with Crippen LogP contribution in [0.2, 0.25) is 5.02 Å². The van der Waals surface area contributed by atoms with Gasteiger partial charge in [0.1, 0.15) is 4.83 Å². The SMILES string of the molecule is Cc1ccc(-c2csc3ncn(CC(O)c4ccc(Cl)cc4)c(=O)c23)cc1C. The summed E-state index contributed by atoms with van der Waals surface area (Å²) in [6.45, 7) is 4.26. The average molecular weight is 411 g/mol. The zero-order valence-corrected chi connectivity index (χ0v) is 17.1. The lowest BCUT2D eigenvalue weighted by molar-refractivity contribution is 0.155. The van der Waals surface area contributed by atoms with E-state index >= 15 is 0 Å². The van der Waals surface area contributed by atoms with Gasteiger partial charge in [-0.15, -0.1) is 11.3 Å². The molecule has 0 aliphatic carbocycles. The molecule has 142 valence electrons. The third kappa shape index (κ3) is 3.49. The van der Waals surface area contributed by atoms with Gasteiger partial charge in [-0.05, 0) is 48.2 Å². The van der Waals surface area contributed by atoms with Crippen molar-refractivity contribution in [3.8, 4) is 11.1 Å². The van der Waals surface area contributed by atoms with Gasteiger partial charge in [-0.2, -0.15) is 0 Å². The van der Waals surface area contributed by atoms with Gasteiger partial charge in [0.2, 0.25) is 0 Å². The van der Waals surface area contributed by atoms with Crippen molar-refractivity contribution in [1.29, 1.82) is 0 Å². The highest BCUT2D eigenvalue weighted by molar-refractivity contribution is 7.17. The maximum absolute atomic E-state index is 13.2. The smallest absolute Gasteiger partial charge is 0.262 e. The fourth-order valence-corrected chi connectivity index (χ4v) is 4.23. The van der Waals surface area contributed by atoms with Crippen LogP contribution in [0.1, 0.15) is 22.8 Å². The van der Waals surface area contributed by atoms with Crippen LogP contribution in [0, 0.1) is 13.8 Å². The van der Waals surface area contributed by atoms with Gasteiger partial charge in [-0.3, -0.25) is 9.36 Å². The molecule has 0 bridgehead atoms. The number of aliphatic hydroxyl groups excluding tert-OH is 1. The lowest BCUT2D eigenvalue weighted by atomic mass is 10.0. The molecule has 4 aromatic rings. The van der Waals surface area contributed by atoms with E-state index in [1.54, 1.807) is 24.3 Å². The lowest BCUT2D eigenvalue weighted by Gasteiger charge is -2.13. The van der Waals surface area contributed by atoms with E-state index in [-0.39, 0.29) is 12.1 Å². The second-order valence-corrected chi connectivity index (χ2v) is 8.19. The maximum atomic E-state index is 13.2. The van der Waals surface area contributed by atoms with Crippen LogP contribution in [0.4, 0.5) is 0 Å². The van der Waals surface area contributed by atoms with Crippen LogP contribution < -0.4 is 5.56 Å². The Labute approximate surface area is 171 Å². The van der Waals surface area contributed by atoms with Crippen LogP contribution in [-0.2, 0) is 6.54 Å². The number of benzene rings is 2. The minimum atomic E-state index is -0.821. The molecular weight excluding hydrogens is 392 g/mol. The Morgan fingerprint density at radius 1 is 1.14 bits per heavy atom. The highest BCUT2D eigenvalue weighted by atomic mass is 35.5. The normalized spacial score (nSPS) is 12.4. The molecule has 6 heteroatoms. The molecule has 0 spiro atoms. The molecule has 0 aliphatic rings. The standard InChI is InChI=1S/C22H19ClN2O2S/c1-13-3-4-16(9-14(13)2)18-11-28-21-20(18)22(27)25(12-24-21)10-19(26)15-5-7-17(23)8-6-15/h3-9,11-12,19,26H,10H2,1-2H3. The van der Waals surface area contributed by atoms with Crippen LogP contribution in [-0.4, -0.2) is 14.7 Å². The number of aliphatic hydroxyl groups is 1. The third-order valence-electron chi connectivity index (χ3n) is 5.00. The minimum absolute atomic E-state index is 0.131. The van der Waals surface area contributed by atoms with Crippen LogP contribution >= 0.6 is 22.9 Å². The van der Waals surface area contributed by atoms with E-state index in [0.29, 0.717) is 20.8 Å². The fourth-order valence-electron chi connectivity index (χ4n) is 3.20. The van der Waals surface area contributed by atoms with Crippen molar-refractivity contribution in [2.24, 2.45) is 0 Å². The second kappa shape index (κ2) is 7.51. The number of halogens is 1. The lowest BCUT2D eigenvalue weighted by Crippen LogP contribution is -2.23. The molecule has 1 atom stereocenters. The molecule has 0 radical (unpaired) electrons. The van der Waals surface area contributed by atoms with Gasteiger partial charge in [0, 0.05) is 16.0 Å². The fraction of sp³-hybridized carbons (Fsp3) is 0.182. The van der Waals surface area contributed by atoms with Crippen molar-refractivity contribution in [3.63, 3.8) is 0 Å². The zero-order chi connectivity index (χ0) is 19.8. The highest BCUT2D eigenvalue weighted by Gasteiger charge is 2.16. The first-order valence-electron chi connectivity index (χ1n) is 8.92. The molecular formula is C22H19ClN2O2S. The molecule has 2 heterocycles. The number of nitrogens with zero attached hydrogens (tertiary/aromatic N) is 2. The minimum Gasteiger partial charge on any atom is -0.387 e. The van der Waals surface area contributed by atoms with Crippen molar-refractivity contribution in [2.75, 3.05) is 0 Å². The highest BCUT2D eigenvalue weighted by Crippen LogP contribution is 2.31. The summed E-state index contributed by atoms with van der Waals surface area (Å²) in [5.74, 6) is 0. The number of aryl methyl sites for hydroxylation is 2. The number of hydrogen-bond acceptors (Lipinski definition) is 4. The quantitative estimate of drug-likeness (QED) is 0.507. The van der Waals surface area contributed by atoms with E-state index in [1.807, 2.05) is 11.4 Å². The molecule has 0 aliphatic heterocycles. The van der Waals surface area contributed by atoms with Crippen molar-refractivity contribution in [1.82, 2.24) is 9.55 Å². The topological polar surface area (TPSA) is 55.1 Å². The van der Waals surface area contributed by atoms with Gasteiger partial charge in [0.15, 0.2) is 0 Å². The summed E-state index contributed by atoms with van der Waals surface area (Å²) in [5, 5.41) is 13.7. The van der Waals surface area contributed by atoms with E-state index in [0.717, 1.165) is 11.1 Å². The van der Waals surface area contributed by atoms with E-state index in [9.17, 15) is 9.90 Å². The van der Waals surface area contributed by atoms with E-state index in [1.165, 1.54) is 33.4 Å². The zero-order valence-electron chi connectivity index (χ0n) is 15.5. The van der Waals surface area contributed by atoms with Gasteiger partial charge in [-0.1, -0.05) is 41.9 Å². The summed E-state index contributed by atoms with van der Waals surface area (Å²) in [7, 11) is 0. The Balaban J connectivity index is 1.75. The second-order valence-electron chi connectivity index (χ2n) is 6.90. The van der Waals surface area contributed by atoms with E-state index < -0.39 is 6.10 Å². The molecule has 0 saturated carbocycles. The van der Waals surface area contributed by atoms with Gasteiger partial charge in [-0.25, -0.2) is 4.98 Å². The van der Waals surface area contributed by atoms with E-state index in [4.69, 9.17) is 11.6 Å². The summed E-state index contributed by atoms with van der Waals surface area (Å²) in [4.78, 5) is 18.3. The first kappa shape index (κ1) is 18.9. The molecule has 2 aromatic heterocycles.